The molecular weight excluding hydrogens is 362 g/mol. The fraction of sp³-hybridized carbons (Fsp3) is 0. The molecule has 0 saturated carbocycles. The first-order chi connectivity index (χ1) is 2.00. The largest absolute Gasteiger partial charge is 1.00 e. The average Bonchev–Trinajstić information content (AvgIpc) is 0.722. The molecule has 0 aliphatic rings. The van der Waals surface area contributed by atoms with Gasteiger partial charge in [-0.25, -0.2) is 0 Å². The Balaban J connectivity index is -0.0000000800. The van der Waals surface area contributed by atoms with Crippen molar-refractivity contribution in [3.8, 4) is 0 Å². The van der Waals surface area contributed by atoms with Crippen molar-refractivity contribution in [3.05, 3.63) is 0 Å². The van der Waals surface area contributed by atoms with E-state index in [4.69, 9.17) is 17.5 Å². The van der Waals surface area contributed by atoms with Crippen molar-refractivity contribution in [1.29, 1.82) is 0 Å². The van der Waals surface area contributed by atoms with Crippen LogP contribution in [0.1, 0.15) is 0 Å². The van der Waals surface area contributed by atoms with Gasteiger partial charge in [0.05, 0.1) is 0 Å². The first-order valence-corrected chi connectivity index (χ1v) is 2.00. The van der Waals surface area contributed by atoms with Gasteiger partial charge in [-0.15, -0.1) is 0 Å². The minimum Gasteiger partial charge on any atom is -0.759 e. The summed E-state index contributed by atoms with van der Waals surface area (Å²) in [6.07, 6.45) is 0. The van der Waals surface area contributed by atoms with E-state index in [0.29, 0.717) is 0 Å². The molecule has 4 nitrogen and oxygen atoms in total. The van der Waals surface area contributed by atoms with Crippen LogP contribution in [0, 0.1) is 0 Å². The number of hydrogen-bond donors (Lipinski definition) is 0. The van der Waals surface area contributed by atoms with E-state index < -0.39 is 10.4 Å². The second-order valence-electron chi connectivity index (χ2n) is 0.408. The summed E-state index contributed by atoms with van der Waals surface area (Å²) < 4.78 is 34.1. The van der Waals surface area contributed by atoms with Crippen LogP contribution in [0.4, 0.5) is 0 Å². The first-order valence-electron chi connectivity index (χ1n) is 0.667. The Morgan fingerprint density at radius 3 is 1.00 bits per heavy atom. The molecule has 0 aromatic carbocycles. The second-order valence-corrected chi connectivity index (χ2v) is 1.22. The summed E-state index contributed by atoms with van der Waals surface area (Å²) in [5.74, 6) is 0. The molecule has 0 heterocycles. The monoisotopic (exact) mass is 362 g/mol. The quantitative estimate of drug-likeness (QED) is 0.317. The Hall–Kier alpha value is 3.97. The molecule has 0 saturated heterocycles. The van der Waals surface area contributed by atoms with Crippen molar-refractivity contribution in [3.63, 3.8) is 0 Å². The third kappa shape index (κ3) is 40.2. The van der Waals surface area contributed by atoms with Crippen molar-refractivity contribution in [2.45, 2.75) is 0 Å². The minimum atomic E-state index is -5.17. The van der Waals surface area contributed by atoms with Gasteiger partial charge in [0.15, 0.2) is 0 Å². The van der Waals surface area contributed by atoms with Crippen LogP contribution in [0.3, 0.4) is 0 Å². The van der Waals surface area contributed by atoms with Crippen molar-refractivity contribution in [2.75, 3.05) is 0 Å². The molecule has 0 unspecified atom stereocenters. The van der Waals surface area contributed by atoms with Gasteiger partial charge >= 0.3 is 138 Å². The van der Waals surface area contributed by atoms with Gasteiger partial charge in [0.25, 0.3) is 0 Å². The summed E-state index contributed by atoms with van der Waals surface area (Å²) in [5.41, 5.74) is 0. The van der Waals surface area contributed by atoms with Crippen LogP contribution in [0.2, 0.25) is 0 Å². The van der Waals surface area contributed by atoms with Gasteiger partial charge in [0, 0.05) is 10.4 Å². The van der Waals surface area contributed by atoms with E-state index in [0.717, 1.165) is 0 Å². The standard InChI is InChI=1S/2Cs.H2O4S/c;;1-5(2,3)4/h;;(H2,1,2,3,4)/q2*+1;/p-2. The molecule has 0 fully saturated rings. The second kappa shape index (κ2) is 8.07. The van der Waals surface area contributed by atoms with Crippen molar-refractivity contribution < 1.29 is 155 Å². The van der Waals surface area contributed by atoms with Crippen LogP contribution < -0.4 is 138 Å². The van der Waals surface area contributed by atoms with Crippen LogP contribution >= 0.6 is 0 Å². The van der Waals surface area contributed by atoms with E-state index in [1.165, 1.54) is 0 Å². The Labute approximate surface area is 160 Å². The molecule has 0 aromatic rings. The number of rotatable bonds is 0. The third-order valence-corrected chi connectivity index (χ3v) is 0. The topological polar surface area (TPSA) is 80.3 Å². The van der Waals surface area contributed by atoms with Gasteiger partial charge in [0.1, 0.15) is 0 Å². The summed E-state index contributed by atoms with van der Waals surface area (Å²) in [5, 5.41) is 0. The minimum absolute atomic E-state index is 0. The first kappa shape index (κ1) is 17.2. The molecular formula is Cs2O4S. The van der Waals surface area contributed by atoms with Crippen LogP contribution in [-0.4, -0.2) is 17.5 Å². The molecule has 0 bridgehead atoms. The van der Waals surface area contributed by atoms with Gasteiger partial charge in [-0.3, -0.25) is 8.42 Å². The Morgan fingerprint density at radius 2 is 1.00 bits per heavy atom. The van der Waals surface area contributed by atoms with Crippen LogP contribution in [0.25, 0.3) is 0 Å². The predicted octanol–water partition coefficient (Wildman–Crippen LogP) is -7.33. The Morgan fingerprint density at radius 1 is 1.00 bits per heavy atom. The summed E-state index contributed by atoms with van der Waals surface area (Å²) in [6, 6.07) is 0. The fourth-order valence-electron chi connectivity index (χ4n) is 0. The summed E-state index contributed by atoms with van der Waals surface area (Å²) >= 11 is 0. The maximum absolute atomic E-state index is 8.52. The summed E-state index contributed by atoms with van der Waals surface area (Å²) in [6.45, 7) is 0. The van der Waals surface area contributed by atoms with Crippen LogP contribution in [0.5, 0.6) is 0 Å². The van der Waals surface area contributed by atoms with Gasteiger partial charge in [-0.2, -0.15) is 0 Å². The van der Waals surface area contributed by atoms with Crippen LogP contribution in [-0.2, 0) is 10.4 Å². The maximum atomic E-state index is 8.52. The Kier molecular flexibility index (Phi) is 19.8. The molecule has 0 aromatic heterocycles. The number of hydrogen-bond acceptors (Lipinski definition) is 4. The zero-order chi connectivity index (χ0) is 4.50. The molecule has 0 aliphatic heterocycles. The Bertz CT molecular complexity index is 92.9. The van der Waals surface area contributed by atoms with E-state index >= 15 is 0 Å². The zero-order valence-corrected chi connectivity index (χ0v) is 17.4. The molecule has 0 atom stereocenters. The molecule has 0 spiro atoms. The van der Waals surface area contributed by atoms with Crippen molar-refractivity contribution >= 4 is 10.4 Å². The molecule has 7 heavy (non-hydrogen) atoms. The van der Waals surface area contributed by atoms with Crippen LogP contribution in [0.15, 0.2) is 0 Å². The molecule has 0 radical (unpaired) electrons. The summed E-state index contributed by atoms with van der Waals surface area (Å²) in [4.78, 5) is 0. The van der Waals surface area contributed by atoms with E-state index in [9.17, 15) is 0 Å². The maximum Gasteiger partial charge on any atom is 1.00 e. The van der Waals surface area contributed by atoms with E-state index in [2.05, 4.69) is 0 Å². The third-order valence-electron chi connectivity index (χ3n) is 0. The molecule has 7 heteroatoms. The zero-order valence-electron chi connectivity index (χ0n) is 4.04. The van der Waals surface area contributed by atoms with E-state index in [-0.39, 0.29) is 138 Å². The molecule has 0 N–H and O–H groups in total. The van der Waals surface area contributed by atoms with Gasteiger partial charge in [0.2, 0.25) is 0 Å². The molecule has 0 amide bonds. The van der Waals surface area contributed by atoms with E-state index in [1.54, 1.807) is 0 Å². The van der Waals surface area contributed by atoms with E-state index in [1.807, 2.05) is 0 Å². The average molecular weight is 362 g/mol. The fourth-order valence-corrected chi connectivity index (χ4v) is 0. The smallest absolute Gasteiger partial charge is 0.759 e. The normalized spacial score (nSPS) is 8.29. The SMILES string of the molecule is O=S(=O)([O-])[O-].[Cs+].[Cs+]. The molecule has 0 rings (SSSR count). The van der Waals surface area contributed by atoms with Crippen molar-refractivity contribution in [2.24, 2.45) is 0 Å². The van der Waals surface area contributed by atoms with Gasteiger partial charge in [-0.05, 0) is 0 Å². The van der Waals surface area contributed by atoms with Crippen molar-refractivity contribution in [1.82, 2.24) is 0 Å². The van der Waals surface area contributed by atoms with Gasteiger partial charge < -0.3 is 9.11 Å². The predicted molar refractivity (Wildman–Crippen MR) is 10.5 cm³/mol. The van der Waals surface area contributed by atoms with Gasteiger partial charge in [-0.1, -0.05) is 0 Å². The molecule has 32 valence electrons. The summed E-state index contributed by atoms with van der Waals surface area (Å²) in [7, 11) is -5.17. The molecule has 0 aliphatic carbocycles.